The van der Waals surface area contributed by atoms with E-state index in [-0.39, 0.29) is 11.9 Å². The van der Waals surface area contributed by atoms with E-state index in [1.807, 2.05) is 41.9 Å². The molecule has 0 saturated carbocycles. The summed E-state index contributed by atoms with van der Waals surface area (Å²) in [6.45, 7) is 8.42. The van der Waals surface area contributed by atoms with E-state index in [4.69, 9.17) is 4.74 Å². The average molecular weight is 406 g/mol. The smallest absolute Gasteiger partial charge is 0.251 e. The van der Waals surface area contributed by atoms with Gasteiger partial charge in [-0.1, -0.05) is 29.8 Å². The zero-order chi connectivity index (χ0) is 20.9. The molecule has 0 spiro atoms. The molecule has 6 heteroatoms. The molecular formula is C24H29N4O2+. The lowest BCUT2D eigenvalue weighted by molar-refractivity contribution is -0.909. The molecule has 6 nitrogen and oxygen atoms in total. The number of nitrogens with one attached hydrogen (secondary N) is 2. The molecule has 0 bridgehead atoms. The second-order valence-electron chi connectivity index (χ2n) is 7.93. The lowest BCUT2D eigenvalue weighted by Crippen LogP contribution is -3.14. The highest BCUT2D eigenvalue weighted by atomic mass is 16.5. The molecule has 156 valence electrons. The summed E-state index contributed by atoms with van der Waals surface area (Å²) >= 11 is 0. The average Bonchev–Trinajstić information content (AvgIpc) is 3.20. The van der Waals surface area contributed by atoms with Gasteiger partial charge in [-0.25, -0.2) is 4.68 Å². The summed E-state index contributed by atoms with van der Waals surface area (Å²) in [7, 11) is 0. The third-order valence-corrected chi connectivity index (χ3v) is 5.68. The summed E-state index contributed by atoms with van der Waals surface area (Å²) in [5.41, 5.74) is 5.00. The number of benzene rings is 2. The molecule has 1 fully saturated rings. The van der Waals surface area contributed by atoms with Gasteiger partial charge in [-0.15, -0.1) is 0 Å². The first-order valence-corrected chi connectivity index (χ1v) is 10.5. The molecule has 2 heterocycles. The maximum Gasteiger partial charge on any atom is 0.251 e. The predicted octanol–water partition coefficient (Wildman–Crippen LogP) is 1.88. The van der Waals surface area contributed by atoms with E-state index in [0.717, 1.165) is 49.8 Å². The zero-order valence-corrected chi connectivity index (χ0v) is 17.6. The van der Waals surface area contributed by atoms with Crippen molar-refractivity contribution in [3.63, 3.8) is 0 Å². The number of morpholine rings is 1. The Morgan fingerprint density at radius 1 is 1.07 bits per heavy atom. The molecule has 1 atom stereocenters. The van der Waals surface area contributed by atoms with Crippen molar-refractivity contribution in [1.29, 1.82) is 0 Å². The molecule has 2 aromatic carbocycles. The van der Waals surface area contributed by atoms with Gasteiger partial charge in [0.05, 0.1) is 18.9 Å². The van der Waals surface area contributed by atoms with Crippen molar-refractivity contribution in [3.05, 3.63) is 83.2 Å². The molecular weight excluding hydrogens is 376 g/mol. The van der Waals surface area contributed by atoms with Gasteiger partial charge in [-0.2, -0.15) is 5.10 Å². The molecule has 4 rings (SSSR count). The number of rotatable bonds is 6. The Bertz CT molecular complexity index is 973. The van der Waals surface area contributed by atoms with Crippen LogP contribution in [0.2, 0.25) is 0 Å². The minimum Gasteiger partial charge on any atom is -0.370 e. The van der Waals surface area contributed by atoms with Gasteiger partial charge in [0.2, 0.25) is 0 Å². The number of aromatic nitrogens is 2. The second-order valence-corrected chi connectivity index (χ2v) is 7.93. The summed E-state index contributed by atoms with van der Waals surface area (Å²) in [4.78, 5) is 14.5. The fraction of sp³-hybridized carbons (Fsp3) is 0.333. The summed E-state index contributed by atoms with van der Waals surface area (Å²) in [5.74, 6) is -0.0584. The molecule has 1 saturated heterocycles. The van der Waals surface area contributed by atoms with Gasteiger partial charge < -0.3 is 15.0 Å². The number of carbonyl (C=O) groups is 1. The van der Waals surface area contributed by atoms with E-state index in [1.165, 1.54) is 10.5 Å². The summed E-state index contributed by atoms with van der Waals surface area (Å²) in [6.07, 6.45) is 1.77. The van der Waals surface area contributed by atoms with Crippen molar-refractivity contribution in [3.8, 4) is 5.69 Å². The van der Waals surface area contributed by atoms with Crippen molar-refractivity contribution in [1.82, 2.24) is 15.1 Å². The summed E-state index contributed by atoms with van der Waals surface area (Å²) in [5, 5.41) is 7.58. The van der Waals surface area contributed by atoms with Crippen LogP contribution in [0.4, 0.5) is 0 Å². The SMILES string of the molecule is Cc1ccc([C@@H](C[NH+]2CCOCC2)NC(=O)c2ccc(-n3nccc3C)cc2)cc1. The molecule has 0 radical (unpaired) electrons. The highest BCUT2D eigenvalue weighted by Gasteiger charge is 2.23. The standard InChI is InChI=1S/C24H28N4O2/c1-18-3-5-20(6-4-18)23(17-27-13-15-30-16-14-27)26-24(29)21-7-9-22(10-8-21)28-19(2)11-12-25-28/h3-12,23H,13-17H2,1-2H3,(H,26,29)/p+1/t23-/m1/s1. The van der Waals surface area contributed by atoms with Crippen LogP contribution in [-0.2, 0) is 4.74 Å². The highest BCUT2D eigenvalue weighted by Crippen LogP contribution is 2.15. The Morgan fingerprint density at radius 2 is 1.77 bits per heavy atom. The first kappa shape index (κ1) is 20.3. The largest absolute Gasteiger partial charge is 0.370 e. The second kappa shape index (κ2) is 9.24. The van der Waals surface area contributed by atoms with E-state index in [0.29, 0.717) is 5.56 Å². The van der Waals surface area contributed by atoms with E-state index in [1.54, 1.807) is 6.20 Å². The monoisotopic (exact) mass is 405 g/mol. The van der Waals surface area contributed by atoms with Gasteiger partial charge >= 0.3 is 0 Å². The minimum atomic E-state index is -0.0584. The van der Waals surface area contributed by atoms with Crippen LogP contribution in [-0.4, -0.2) is 48.5 Å². The van der Waals surface area contributed by atoms with Gasteiger partial charge in [-0.3, -0.25) is 4.79 Å². The molecule has 0 aliphatic carbocycles. The Hall–Kier alpha value is -2.96. The van der Waals surface area contributed by atoms with E-state index in [2.05, 4.69) is 41.6 Å². The zero-order valence-electron chi connectivity index (χ0n) is 17.6. The summed E-state index contributed by atoms with van der Waals surface area (Å²) < 4.78 is 7.35. The molecule has 30 heavy (non-hydrogen) atoms. The van der Waals surface area contributed by atoms with Crippen molar-refractivity contribution in [2.45, 2.75) is 19.9 Å². The maximum atomic E-state index is 13.0. The number of carbonyl (C=O) groups excluding carboxylic acids is 1. The van der Waals surface area contributed by atoms with Crippen LogP contribution in [0.5, 0.6) is 0 Å². The Balaban J connectivity index is 1.50. The van der Waals surface area contributed by atoms with Crippen LogP contribution in [0.3, 0.4) is 0 Å². The van der Waals surface area contributed by atoms with Crippen LogP contribution in [0.25, 0.3) is 5.69 Å². The number of aryl methyl sites for hydroxylation is 2. The Morgan fingerprint density at radius 3 is 2.40 bits per heavy atom. The van der Waals surface area contributed by atoms with Gasteiger partial charge in [0.25, 0.3) is 5.91 Å². The molecule has 1 aliphatic rings. The molecule has 1 aromatic heterocycles. The normalized spacial score (nSPS) is 15.7. The van der Waals surface area contributed by atoms with Crippen molar-refractivity contribution < 1.29 is 14.4 Å². The number of nitrogens with zero attached hydrogens (tertiary/aromatic N) is 2. The van der Waals surface area contributed by atoms with Gasteiger partial charge in [0, 0.05) is 17.5 Å². The Labute approximate surface area is 177 Å². The minimum absolute atomic E-state index is 0.0424. The van der Waals surface area contributed by atoms with E-state index in [9.17, 15) is 4.79 Å². The van der Waals surface area contributed by atoms with Crippen LogP contribution in [0.1, 0.15) is 33.2 Å². The maximum absolute atomic E-state index is 13.0. The first-order chi connectivity index (χ1) is 14.6. The number of hydrogen-bond donors (Lipinski definition) is 2. The number of amides is 1. The van der Waals surface area contributed by atoms with Crippen LogP contribution in [0.15, 0.2) is 60.8 Å². The molecule has 3 aromatic rings. The van der Waals surface area contributed by atoms with Crippen LogP contribution < -0.4 is 10.2 Å². The van der Waals surface area contributed by atoms with E-state index < -0.39 is 0 Å². The highest BCUT2D eigenvalue weighted by molar-refractivity contribution is 5.94. The van der Waals surface area contributed by atoms with Crippen molar-refractivity contribution in [2.75, 3.05) is 32.8 Å². The predicted molar refractivity (Wildman–Crippen MR) is 116 cm³/mol. The van der Waals surface area contributed by atoms with Crippen molar-refractivity contribution >= 4 is 5.91 Å². The van der Waals surface area contributed by atoms with Crippen molar-refractivity contribution in [2.24, 2.45) is 0 Å². The quantitative estimate of drug-likeness (QED) is 0.658. The summed E-state index contributed by atoms with van der Waals surface area (Å²) in [6, 6.07) is 17.9. The lowest BCUT2D eigenvalue weighted by Gasteiger charge is -2.28. The topological polar surface area (TPSA) is 60.6 Å². The number of quaternary nitrogens is 1. The fourth-order valence-electron chi connectivity index (χ4n) is 3.84. The fourth-order valence-corrected chi connectivity index (χ4v) is 3.84. The molecule has 1 amide bonds. The molecule has 1 aliphatic heterocycles. The number of ether oxygens (including phenoxy) is 1. The van der Waals surface area contributed by atoms with Crippen LogP contribution >= 0.6 is 0 Å². The number of hydrogen-bond acceptors (Lipinski definition) is 3. The lowest BCUT2D eigenvalue weighted by atomic mass is 10.0. The Kier molecular flexibility index (Phi) is 6.26. The third kappa shape index (κ3) is 4.78. The van der Waals surface area contributed by atoms with E-state index >= 15 is 0 Å². The molecule has 0 unspecified atom stereocenters. The third-order valence-electron chi connectivity index (χ3n) is 5.68. The van der Waals surface area contributed by atoms with Crippen LogP contribution in [0, 0.1) is 13.8 Å². The van der Waals surface area contributed by atoms with Gasteiger partial charge in [0.1, 0.15) is 25.7 Å². The van der Waals surface area contributed by atoms with Gasteiger partial charge in [-0.05, 0) is 49.7 Å². The first-order valence-electron chi connectivity index (χ1n) is 10.5. The molecule has 2 N–H and O–H groups in total. The van der Waals surface area contributed by atoms with Gasteiger partial charge in [0.15, 0.2) is 0 Å².